The molecule has 4 heterocycles. The molecule has 1 amide bonds. The van der Waals surface area contributed by atoms with E-state index in [1.54, 1.807) is 59.4 Å². The third-order valence-corrected chi connectivity index (χ3v) is 6.77. The number of rotatable bonds is 3. The highest BCUT2D eigenvalue weighted by Crippen LogP contribution is 2.44. The summed E-state index contributed by atoms with van der Waals surface area (Å²) in [6.07, 6.45) is 3.27. The maximum atomic E-state index is 13.2. The van der Waals surface area contributed by atoms with E-state index in [1.807, 2.05) is 6.07 Å². The van der Waals surface area contributed by atoms with Crippen molar-refractivity contribution in [1.82, 2.24) is 14.4 Å². The Hall–Kier alpha value is -3.20. The molecule has 1 unspecified atom stereocenters. The number of aliphatic hydroxyl groups is 1. The van der Waals surface area contributed by atoms with Crippen molar-refractivity contribution in [2.45, 2.75) is 13.0 Å². The van der Waals surface area contributed by atoms with E-state index in [9.17, 15) is 14.7 Å². The zero-order chi connectivity index (χ0) is 22.6. The number of hydrogen-bond acceptors (Lipinski definition) is 6. The molecule has 0 saturated carbocycles. The number of anilines is 1. The average Bonchev–Trinajstić information content (AvgIpc) is 3.47. The first-order chi connectivity index (χ1) is 15.4. The molecule has 5 rings (SSSR count). The van der Waals surface area contributed by atoms with Crippen LogP contribution in [0.2, 0.25) is 10.0 Å². The molecule has 1 aliphatic rings. The number of imidazole rings is 1. The number of ketones is 1. The first kappa shape index (κ1) is 20.7. The van der Waals surface area contributed by atoms with Crippen LogP contribution in [0.1, 0.15) is 23.0 Å². The molecular formula is C22H14Cl2N4O3S. The van der Waals surface area contributed by atoms with Crippen LogP contribution in [0.5, 0.6) is 0 Å². The molecule has 3 aromatic heterocycles. The van der Waals surface area contributed by atoms with E-state index in [-0.39, 0.29) is 16.4 Å². The van der Waals surface area contributed by atoms with Crippen LogP contribution in [-0.4, -0.2) is 31.2 Å². The van der Waals surface area contributed by atoms with Crippen molar-refractivity contribution in [3.63, 3.8) is 0 Å². The van der Waals surface area contributed by atoms with Crippen molar-refractivity contribution in [3.05, 3.63) is 86.7 Å². The van der Waals surface area contributed by atoms with Gasteiger partial charge in [-0.25, -0.2) is 9.97 Å². The predicted molar refractivity (Wildman–Crippen MR) is 123 cm³/mol. The highest BCUT2D eigenvalue weighted by Gasteiger charge is 2.48. The molecule has 32 heavy (non-hydrogen) atoms. The van der Waals surface area contributed by atoms with E-state index in [2.05, 4.69) is 9.97 Å². The first-order valence-corrected chi connectivity index (χ1v) is 11.1. The molecule has 1 N–H and O–H groups in total. The Morgan fingerprint density at radius 2 is 1.97 bits per heavy atom. The van der Waals surface area contributed by atoms with E-state index >= 15 is 0 Å². The Morgan fingerprint density at radius 3 is 2.69 bits per heavy atom. The third-order valence-electron chi connectivity index (χ3n) is 5.26. The molecule has 160 valence electrons. The molecule has 1 saturated heterocycles. The fraction of sp³-hybridized carbons (Fsp3) is 0.0909. The number of amides is 1. The second-order valence-electron chi connectivity index (χ2n) is 7.13. The summed E-state index contributed by atoms with van der Waals surface area (Å²) < 4.78 is 1.67. The molecule has 0 radical (unpaired) electrons. The Balaban J connectivity index is 1.80. The number of benzene rings is 1. The SMILES string of the molecule is Cc1nc2ccccn2c1/C(O)=C1\C(=O)C(=O)N(c2nccs2)C1c1ccc(Cl)c(Cl)c1. The number of pyridine rings is 1. The number of fused-ring (bicyclic) bond motifs is 1. The third kappa shape index (κ3) is 3.10. The minimum Gasteiger partial charge on any atom is -0.505 e. The summed E-state index contributed by atoms with van der Waals surface area (Å²) in [5.74, 6) is -1.93. The number of aliphatic hydroxyl groups excluding tert-OH is 1. The second-order valence-corrected chi connectivity index (χ2v) is 8.82. The normalized spacial score (nSPS) is 18.1. The van der Waals surface area contributed by atoms with E-state index in [0.29, 0.717) is 32.8 Å². The topological polar surface area (TPSA) is 87.8 Å². The van der Waals surface area contributed by atoms with Gasteiger partial charge in [-0.2, -0.15) is 0 Å². The van der Waals surface area contributed by atoms with Gasteiger partial charge in [0.1, 0.15) is 11.3 Å². The van der Waals surface area contributed by atoms with Gasteiger partial charge in [0, 0.05) is 17.8 Å². The average molecular weight is 485 g/mol. The lowest BCUT2D eigenvalue weighted by Crippen LogP contribution is -2.29. The van der Waals surface area contributed by atoms with Gasteiger partial charge >= 0.3 is 5.91 Å². The van der Waals surface area contributed by atoms with Crippen LogP contribution in [0, 0.1) is 6.92 Å². The lowest BCUT2D eigenvalue weighted by atomic mass is 9.96. The Bertz CT molecular complexity index is 1430. The van der Waals surface area contributed by atoms with Crippen molar-refractivity contribution in [2.75, 3.05) is 4.90 Å². The number of nitrogens with zero attached hydrogens (tertiary/aromatic N) is 4. The molecule has 0 aliphatic carbocycles. The molecule has 1 atom stereocenters. The number of hydrogen-bond donors (Lipinski definition) is 1. The number of carbonyl (C=O) groups excluding carboxylic acids is 2. The van der Waals surface area contributed by atoms with Gasteiger partial charge in [0.05, 0.1) is 27.4 Å². The summed E-state index contributed by atoms with van der Waals surface area (Å²) in [5, 5.41) is 14.0. The Morgan fingerprint density at radius 1 is 1.16 bits per heavy atom. The van der Waals surface area contributed by atoms with Crippen LogP contribution >= 0.6 is 34.5 Å². The standard InChI is InChI=1S/C22H14Cl2N4O3S/c1-11-17(27-8-3-2-4-15(27)26-11)19(29)16-18(12-5-6-13(23)14(24)10-12)28(21(31)20(16)30)22-25-7-9-32-22/h2-10,18,29H,1H3/b19-16+. The molecular weight excluding hydrogens is 471 g/mol. The summed E-state index contributed by atoms with van der Waals surface area (Å²) >= 11 is 13.5. The number of Topliss-reactive ketones (excluding diaryl/α,β-unsaturated/α-hetero) is 1. The van der Waals surface area contributed by atoms with Crippen LogP contribution in [0.3, 0.4) is 0 Å². The lowest BCUT2D eigenvalue weighted by Gasteiger charge is -2.23. The number of carbonyl (C=O) groups is 2. The molecule has 10 heteroatoms. The number of thiazole rings is 1. The van der Waals surface area contributed by atoms with Crippen molar-refractivity contribution in [2.24, 2.45) is 0 Å². The minimum atomic E-state index is -0.940. The minimum absolute atomic E-state index is 0.0719. The van der Waals surface area contributed by atoms with Gasteiger partial charge in [0.25, 0.3) is 5.78 Å². The molecule has 4 aromatic rings. The summed E-state index contributed by atoms with van der Waals surface area (Å²) in [6, 6.07) is 9.28. The quantitative estimate of drug-likeness (QED) is 0.250. The smallest absolute Gasteiger partial charge is 0.301 e. The van der Waals surface area contributed by atoms with Gasteiger partial charge in [-0.05, 0) is 36.8 Å². The second kappa shape index (κ2) is 7.74. The Kier molecular flexibility index (Phi) is 5.00. The number of aromatic nitrogens is 3. The molecule has 1 aromatic carbocycles. The van der Waals surface area contributed by atoms with Gasteiger partial charge in [0.15, 0.2) is 10.9 Å². The van der Waals surface area contributed by atoms with E-state index in [0.717, 1.165) is 0 Å². The maximum Gasteiger partial charge on any atom is 0.301 e. The molecule has 1 fully saturated rings. The van der Waals surface area contributed by atoms with E-state index < -0.39 is 17.7 Å². The zero-order valence-electron chi connectivity index (χ0n) is 16.5. The summed E-state index contributed by atoms with van der Waals surface area (Å²) in [5.41, 5.74) is 1.90. The van der Waals surface area contributed by atoms with Gasteiger partial charge in [-0.3, -0.25) is 18.9 Å². The molecule has 0 bridgehead atoms. The van der Waals surface area contributed by atoms with Crippen LogP contribution < -0.4 is 4.90 Å². The highest BCUT2D eigenvalue weighted by molar-refractivity contribution is 7.14. The molecule has 1 aliphatic heterocycles. The van der Waals surface area contributed by atoms with Gasteiger partial charge in [-0.1, -0.05) is 35.3 Å². The van der Waals surface area contributed by atoms with Crippen molar-refractivity contribution in [3.8, 4) is 0 Å². The Labute approximate surface area is 196 Å². The van der Waals surface area contributed by atoms with Gasteiger partial charge in [0.2, 0.25) is 0 Å². The fourth-order valence-electron chi connectivity index (χ4n) is 3.89. The van der Waals surface area contributed by atoms with Gasteiger partial charge < -0.3 is 5.11 Å². The maximum absolute atomic E-state index is 13.2. The van der Waals surface area contributed by atoms with E-state index in [1.165, 1.54) is 16.2 Å². The lowest BCUT2D eigenvalue weighted by molar-refractivity contribution is -0.132. The summed E-state index contributed by atoms with van der Waals surface area (Å²) in [7, 11) is 0. The number of halogens is 2. The summed E-state index contributed by atoms with van der Waals surface area (Å²) in [4.78, 5) is 36.2. The fourth-order valence-corrected chi connectivity index (χ4v) is 4.86. The molecule has 0 spiro atoms. The first-order valence-electron chi connectivity index (χ1n) is 9.48. The molecule has 7 nitrogen and oxygen atoms in total. The predicted octanol–water partition coefficient (Wildman–Crippen LogP) is 5.03. The van der Waals surface area contributed by atoms with Crippen molar-refractivity contribution < 1.29 is 14.7 Å². The van der Waals surface area contributed by atoms with Crippen molar-refractivity contribution >= 4 is 62.8 Å². The van der Waals surface area contributed by atoms with Crippen LogP contribution in [-0.2, 0) is 9.59 Å². The van der Waals surface area contributed by atoms with Gasteiger partial charge in [-0.15, -0.1) is 11.3 Å². The van der Waals surface area contributed by atoms with Crippen molar-refractivity contribution in [1.29, 1.82) is 0 Å². The number of aryl methyl sites for hydroxylation is 1. The van der Waals surface area contributed by atoms with E-state index in [4.69, 9.17) is 23.2 Å². The van der Waals surface area contributed by atoms with Crippen LogP contribution in [0.15, 0.2) is 59.7 Å². The summed E-state index contributed by atoms with van der Waals surface area (Å²) in [6.45, 7) is 1.73. The zero-order valence-corrected chi connectivity index (χ0v) is 18.8. The highest BCUT2D eigenvalue weighted by atomic mass is 35.5. The van der Waals surface area contributed by atoms with Crippen LogP contribution in [0.25, 0.3) is 11.4 Å². The van der Waals surface area contributed by atoms with Crippen LogP contribution in [0.4, 0.5) is 5.13 Å². The monoisotopic (exact) mass is 484 g/mol. The largest absolute Gasteiger partial charge is 0.505 e.